The van der Waals surface area contributed by atoms with Gasteiger partial charge in [0.15, 0.2) is 0 Å². The number of hydrogen-bond donors (Lipinski definition) is 1. The van der Waals surface area contributed by atoms with Gasteiger partial charge in [0.25, 0.3) is 0 Å². The van der Waals surface area contributed by atoms with Crippen molar-refractivity contribution in [2.24, 2.45) is 0 Å². The van der Waals surface area contributed by atoms with Crippen molar-refractivity contribution >= 4 is 11.8 Å². The molecule has 1 aromatic rings. The van der Waals surface area contributed by atoms with Crippen molar-refractivity contribution in [3.63, 3.8) is 0 Å². The van der Waals surface area contributed by atoms with E-state index in [1.807, 2.05) is 13.0 Å². The summed E-state index contributed by atoms with van der Waals surface area (Å²) < 4.78 is 5.60. The third-order valence-electron chi connectivity index (χ3n) is 3.97. The molecule has 1 atom stereocenters. The Morgan fingerprint density at radius 2 is 2.10 bits per heavy atom. The summed E-state index contributed by atoms with van der Waals surface area (Å²) >= 11 is 2.14. The van der Waals surface area contributed by atoms with Crippen LogP contribution in [-0.4, -0.2) is 24.7 Å². The van der Waals surface area contributed by atoms with Crippen LogP contribution in [0, 0.1) is 0 Å². The molecule has 1 N–H and O–H groups in total. The molecule has 1 aromatic carbocycles. The van der Waals surface area contributed by atoms with Gasteiger partial charge in [0.2, 0.25) is 0 Å². The molecule has 0 heterocycles. The van der Waals surface area contributed by atoms with Gasteiger partial charge in [0.1, 0.15) is 5.75 Å². The Labute approximate surface area is 127 Å². The summed E-state index contributed by atoms with van der Waals surface area (Å²) in [5, 5.41) is 4.32. The molecule has 1 unspecified atom stereocenters. The minimum Gasteiger partial charge on any atom is -0.494 e. The topological polar surface area (TPSA) is 21.3 Å². The van der Waals surface area contributed by atoms with Gasteiger partial charge in [-0.05, 0) is 44.5 Å². The summed E-state index contributed by atoms with van der Waals surface area (Å²) in [6.45, 7) is 2.76. The van der Waals surface area contributed by atoms with Crippen LogP contribution >= 0.6 is 11.8 Å². The van der Waals surface area contributed by atoms with E-state index < -0.39 is 0 Å². The molecule has 20 heavy (non-hydrogen) atoms. The van der Waals surface area contributed by atoms with Gasteiger partial charge >= 0.3 is 0 Å². The molecule has 2 rings (SSSR count). The highest BCUT2D eigenvalue weighted by atomic mass is 32.2. The summed E-state index contributed by atoms with van der Waals surface area (Å²) in [5.41, 5.74) is 1.33. The van der Waals surface area contributed by atoms with Crippen molar-refractivity contribution < 1.29 is 4.74 Å². The third kappa shape index (κ3) is 4.71. The van der Waals surface area contributed by atoms with Gasteiger partial charge in [-0.1, -0.05) is 31.4 Å². The predicted molar refractivity (Wildman–Crippen MR) is 88.7 cm³/mol. The average Bonchev–Trinajstić information content (AvgIpc) is 2.50. The lowest BCUT2D eigenvalue weighted by Gasteiger charge is -2.24. The van der Waals surface area contributed by atoms with E-state index in [0.717, 1.165) is 23.4 Å². The highest BCUT2D eigenvalue weighted by Crippen LogP contribution is 2.31. The highest BCUT2D eigenvalue weighted by molar-refractivity contribution is 7.99. The van der Waals surface area contributed by atoms with Gasteiger partial charge in [-0.15, -0.1) is 0 Å². The van der Waals surface area contributed by atoms with Crippen molar-refractivity contribution in [2.75, 3.05) is 19.4 Å². The lowest BCUT2D eigenvalue weighted by Crippen LogP contribution is -2.21. The number of nitrogens with one attached hydrogen (secondary N) is 1. The monoisotopic (exact) mass is 293 g/mol. The van der Waals surface area contributed by atoms with Gasteiger partial charge in [0.05, 0.1) is 6.61 Å². The van der Waals surface area contributed by atoms with E-state index in [4.69, 9.17) is 4.74 Å². The van der Waals surface area contributed by atoms with Crippen LogP contribution in [0.25, 0.3) is 0 Å². The molecule has 0 saturated heterocycles. The Hall–Kier alpha value is -0.670. The first kappa shape index (κ1) is 15.7. The molecule has 0 bridgehead atoms. The van der Waals surface area contributed by atoms with Gasteiger partial charge in [-0.3, -0.25) is 0 Å². The van der Waals surface area contributed by atoms with E-state index in [1.54, 1.807) is 0 Å². The van der Waals surface area contributed by atoms with Crippen LogP contribution in [0.1, 0.15) is 50.6 Å². The normalized spacial score (nSPS) is 17.9. The molecular weight excluding hydrogens is 266 g/mol. The Kier molecular flexibility index (Phi) is 6.74. The van der Waals surface area contributed by atoms with Crippen LogP contribution in [0.3, 0.4) is 0 Å². The summed E-state index contributed by atoms with van der Waals surface area (Å²) in [6.07, 6.45) is 7.08. The third-order valence-corrected chi connectivity index (χ3v) is 5.44. The van der Waals surface area contributed by atoms with E-state index in [0.29, 0.717) is 6.04 Å². The smallest absolute Gasteiger partial charge is 0.119 e. The molecule has 0 aromatic heterocycles. The van der Waals surface area contributed by atoms with Gasteiger partial charge in [0, 0.05) is 17.0 Å². The maximum absolute atomic E-state index is 5.60. The Morgan fingerprint density at radius 3 is 2.80 bits per heavy atom. The molecule has 1 fully saturated rings. The van der Waals surface area contributed by atoms with Crippen molar-refractivity contribution in [1.29, 1.82) is 0 Å². The second-order valence-corrected chi connectivity index (χ2v) is 6.77. The number of thioether (sulfide) groups is 1. The zero-order chi connectivity index (χ0) is 14.2. The number of hydrogen-bond acceptors (Lipinski definition) is 3. The molecule has 0 radical (unpaired) electrons. The Balaban J connectivity index is 1.91. The van der Waals surface area contributed by atoms with Crippen LogP contribution in [0.5, 0.6) is 5.75 Å². The standard InChI is InChI=1S/C17H27NOS/c1-3-19-15-9-7-8-14(12-15)17(18-2)13-20-16-10-5-4-6-11-16/h7-9,12,16-18H,3-6,10-11,13H2,1-2H3. The van der Waals surface area contributed by atoms with E-state index in [-0.39, 0.29) is 0 Å². The average molecular weight is 293 g/mol. The maximum Gasteiger partial charge on any atom is 0.119 e. The van der Waals surface area contributed by atoms with Crippen LogP contribution in [-0.2, 0) is 0 Å². The lowest BCUT2D eigenvalue weighted by molar-refractivity contribution is 0.339. The van der Waals surface area contributed by atoms with E-state index >= 15 is 0 Å². The summed E-state index contributed by atoms with van der Waals surface area (Å²) in [6, 6.07) is 8.92. The van der Waals surface area contributed by atoms with Gasteiger partial charge < -0.3 is 10.1 Å². The highest BCUT2D eigenvalue weighted by Gasteiger charge is 2.17. The van der Waals surface area contributed by atoms with E-state index in [2.05, 4.69) is 42.3 Å². The Morgan fingerprint density at radius 1 is 1.30 bits per heavy atom. The fourth-order valence-corrected chi connectivity index (χ4v) is 4.29. The minimum atomic E-state index is 0.419. The van der Waals surface area contributed by atoms with Crippen molar-refractivity contribution in [3.8, 4) is 5.75 Å². The fraction of sp³-hybridized carbons (Fsp3) is 0.647. The van der Waals surface area contributed by atoms with Crippen molar-refractivity contribution in [3.05, 3.63) is 29.8 Å². The first-order valence-electron chi connectivity index (χ1n) is 7.85. The van der Waals surface area contributed by atoms with Crippen LogP contribution in [0.4, 0.5) is 0 Å². The molecular formula is C17H27NOS. The minimum absolute atomic E-state index is 0.419. The molecule has 0 aliphatic heterocycles. The predicted octanol–water partition coefficient (Wildman–Crippen LogP) is 4.41. The van der Waals surface area contributed by atoms with Crippen LogP contribution in [0.15, 0.2) is 24.3 Å². The molecule has 1 saturated carbocycles. The van der Waals surface area contributed by atoms with Gasteiger partial charge in [-0.2, -0.15) is 11.8 Å². The second kappa shape index (κ2) is 8.58. The van der Waals surface area contributed by atoms with E-state index in [9.17, 15) is 0 Å². The molecule has 2 nitrogen and oxygen atoms in total. The van der Waals surface area contributed by atoms with Crippen molar-refractivity contribution in [1.82, 2.24) is 5.32 Å². The summed E-state index contributed by atoms with van der Waals surface area (Å²) in [7, 11) is 2.06. The first-order valence-corrected chi connectivity index (χ1v) is 8.90. The molecule has 1 aliphatic carbocycles. The molecule has 1 aliphatic rings. The summed E-state index contributed by atoms with van der Waals surface area (Å²) in [5.74, 6) is 2.13. The maximum atomic E-state index is 5.60. The number of benzene rings is 1. The number of rotatable bonds is 7. The fourth-order valence-electron chi connectivity index (χ4n) is 2.80. The van der Waals surface area contributed by atoms with Crippen LogP contribution < -0.4 is 10.1 Å². The summed E-state index contributed by atoms with van der Waals surface area (Å²) in [4.78, 5) is 0. The second-order valence-electron chi connectivity index (χ2n) is 5.44. The zero-order valence-electron chi connectivity index (χ0n) is 12.7. The molecule has 112 valence electrons. The molecule has 3 heteroatoms. The molecule has 0 amide bonds. The zero-order valence-corrected chi connectivity index (χ0v) is 13.5. The SMILES string of the molecule is CCOc1cccc(C(CSC2CCCCC2)NC)c1. The van der Waals surface area contributed by atoms with Crippen LogP contribution in [0.2, 0.25) is 0 Å². The lowest BCUT2D eigenvalue weighted by atomic mass is 10.0. The van der Waals surface area contributed by atoms with E-state index in [1.165, 1.54) is 37.7 Å². The van der Waals surface area contributed by atoms with Crippen molar-refractivity contribution in [2.45, 2.75) is 50.3 Å². The first-order chi connectivity index (χ1) is 9.83. The van der Waals surface area contributed by atoms with Gasteiger partial charge in [-0.25, -0.2) is 0 Å². The largest absolute Gasteiger partial charge is 0.494 e. The quantitative estimate of drug-likeness (QED) is 0.804. The Bertz CT molecular complexity index is 390. The number of ether oxygens (including phenoxy) is 1. The molecule has 0 spiro atoms.